The van der Waals surface area contributed by atoms with Crippen molar-refractivity contribution in [2.45, 2.75) is 26.9 Å². The van der Waals surface area contributed by atoms with Crippen molar-refractivity contribution in [2.24, 2.45) is 0 Å². The largest absolute Gasteiger partial charge is 0.490 e. The van der Waals surface area contributed by atoms with E-state index in [9.17, 15) is 0 Å². The minimum absolute atomic E-state index is 0.101. The van der Waals surface area contributed by atoms with E-state index in [-0.39, 0.29) is 6.10 Å². The fourth-order valence-electron chi connectivity index (χ4n) is 1.93. The molecule has 0 fully saturated rings. The molecule has 0 amide bonds. The van der Waals surface area contributed by atoms with E-state index in [2.05, 4.69) is 4.98 Å². The van der Waals surface area contributed by atoms with Crippen LogP contribution in [0.3, 0.4) is 0 Å². The van der Waals surface area contributed by atoms with Crippen molar-refractivity contribution < 1.29 is 4.74 Å². The highest BCUT2D eigenvalue weighted by Crippen LogP contribution is 2.34. The molecule has 0 aliphatic carbocycles. The molecule has 2 rings (SSSR count). The van der Waals surface area contributed by atoms with Gasteiger partial charge in [0.05, 0.1) is 6.10 Å². The average Bonchev–Trinajstić information content (AvgIpc) is 2.31. The van der Waals surface area contributed by atoms with Crippen LogP contribution in [0.4, 0.5) is 11.6 Å². The number of nitrogen functional groups attached to an aromatic ring is 2. The second kappa shape index (κ2) is 5.18. The molecule has 1 heterocycles. The summed E-state index contributed by atoms with van der Waals surface area (Å²) in [5.74, 6) is 1.64. The molecule has 0 bridgehead atoms. The van der Waals surface area contributed by atoms with Crippen molar-refractivity contribution in [3.05, 3.63) is 35.9 Å². The summed E-state index contributed by atoms with van der Waals surface area (Å²) >= 11 is 0. The summed E-state index contributed by atoms with van der Waals surface area (Å²) in [6.45, 7) is 6.02. The number of benzene rings is 1. The standard InChI is InChI=1S/C15H19N3O/c1-9(2)19-13-6-4-10(3)8-12(13)11-5-7-14(16)18-15(11)17/h4-9H,1-3H3,(H4,16,17,18). The van der Waals surface area contributed by atoms with E-state index in [1.165, 1.54) is 0 Å². The molecular formula is C15H19N3O. The third kappa shape index (κ3) is 2.96. The van der Waals surface area contributed by atoms with Gasteiger partial charge in [0.1, 0.15) is 17.4 Å². The molecule has 0 radical (unpaired) electrons. The van der Waals surface area contributed by atoms with Gasteiger partial charge in [0.25, 0.3) is 0 Å². The normalized spacial score (nSPS) is 10.7. The number of nitrogens with two attached hydrogens (primary N) is 2. The van der Waals surface area contributed by atoms with Crippen LogP contribution in [-0.4, -0.2) is 11.1 Å². The summed E-state index contributed by atoms with van der Waals surface area (Å²) in [7, 11) is 0. The van der Waals surface area contributed by atoms with E-state index in [1.807, 2.05) is 45.0 Å². The molecule has 0 unspecified atom stereocenters. The molecule has 1 aromatic heterocycles. The first-order chi connectivity index (χ1) is 8.97. The maximum absolute atomic E-state index is 5.96. The van der Waals surface area contributed by atoms with Crippen molar-refractivity contribution >= 4 is 11.6 Å². The average molecular weight is 257 g/mol. The number of nitrogens with zero attached hydrogens (tertiary/aromatic N) is 1. The number of rotatable bonds is 3. The number of hydrogen-bond donors (Lipinski definition) is 2. The lowest BCUT2D eigenvalue weighted by Crippen LogP contribution is -2.07. The van der Waals surface area contributed by atoms with E-state index >= 15 is 0 Å². The number of hydrogen-bond acceptors (Lipinski definition) is 4. The van der Waals surface area contributed by atoms with Crippen LogP contribution in [0.25, 0.3) is 11.1 Å². The van der Waals surface area contributed by atoms with Gasteiger partial charge >= 0.3 is 0 Å². The summed E-state index contributed by atoms with van der Waals surface area (Å²) in [4.78, 5) is 4.10. The van der Waals surface area contributed by atoms with Crippen molar-refractivity contribution in [1.82, 2.24) is 4.98 Å². The Hall–Kier alpha value is -2.23. The van der Waals surface area contributed by atoms with Crippen LogP contribution in [-0.2, 0) is 0 Å². The van der Waals surface area contributed by atoms with Gasteiger partial charge in [-0.25, -0.2) is 4.98 Å². The minimum atomic E-state index is 0.101. The summed E-state index contributed by atoms with van der Waals surface area (Å²) < 4.78 is 5.83. The molecule has 0 aliphatic rings. The molecule has 0 saturated carbocycles. The summed E-state index contributed by atoms with van der Waals surface area (Å²) in [5, 5.41) is 0. The van der Waals surface area contributed by atoms with Crippen LogP contribution >= 0.6 is 0 Å². The van der Waals surface area contributed by atoms with E-state index in [4.69, 9.17) is 16.2 Å². The van der Waals surface area contributed by atoms with Gasteiger partial charge in [-0.2, -0.15) is 0 Å². The SMILES string of the molecule is Cc1ccc(OC(C)C)c(-c2ccc(N)nc2N)c1. The maximum atomic E-state index is 5.96. The lowest BCUT2D eigenvalue weighted by atomic mass is 10.0. The zero-order valence-electron chi connectivity index (χ0n) is 11.5. The van der Waals surface area contributed by atoms with Crippen molar-refractivity contribution in [3.63, 3.8) is 0 Å². The number of ether oxygens (including phenoxy) is 1. The third-order valence-corrected chi connectivity index (χ3v) is 2.73. The Bertz CT molecular complexity index is 594. The first-order valence-corrected chi connectivity index (χ1v) is 6.27. The first-order valence-electron chi connectivity index (χ1n) is 6.27. The monoisotopic (exact) mass is 257 g/mol. The molecule has 19 heavy (non-hydrogen) atoms. The van der Waals surface area contributed by atoms with E-state index in [0.717, 1.165) is 22.4 Å². The van der Waals surface area contributed by atoms with Crippen molar-refractivity contribution in [2.75, 3.05) is 11.5 Å². The molecule has 4 heteroatoms. The number of aromatic nitrogens is 1. The number of pyridine rings is 1. The van der Waals surface area contributed by atoms with Gasteiger partial charge in [-0.1, -0.05) is 11.6 Å². The molecule has 0 atom stereocenters. The lowest BCUT2D eigenvalue weighted by Gasteiger charge is -2.16. The quantitative estimate of drug-likeness (QED) is 0.886. The number of anilines is 2. The van der Waals surface area contributed by atoms with Crippen LogP contribution < -0.4 is 16.2 Å². The van der Waals surface area contributed by atoms with Crippen molar-refractivity contribution in [3.8, 4) is 16.9 Å². The summed E-state index contributed by atoms with van der Waals surface area (Å²) in [5.41, 5.74) is 14.5. The molecule has 4 N–H and O–H groups in total. The molecular weight excluding hydrogens is 238 g/mol. The van der Waals surface area contributed by atoms with E-state index in [0.29, 0.717) is 11.6 Å². The Balaban J connectivity index is 2.56. The Kier molecular flexibility index (Phi) is 3.60. The van der Waals surface area contributed by atoms with Crippen LogP contribution in [0.5, 0.6) is 5.75 Å². The predicted molar refractivity (Wildman–Crippen MR) is 79.0 cm³/mol. The van der Waals surface area contributed by atoms with E-state index in [1.54, 1.807) is 6.07 Å². The molecule has 4 nitrogen and oxygen atoms in total. The Morgan fingerprint density at radius 1 is 1.05 bits per heavy atom. The van der Waals surface area contributed by atoms with Crippen LogP contribution in [0.15, 0.2) is 30.3 Å². The topological polar surface area (TPSA) is 74.2 Å². The molecule has 0 saturated heterocycles. The summed E-state index contributed by atoms with van der Waals surface area (Å²) in [6, 6.07) is 9.64. The van der Waals surface area contributed by atoms with Crippen LogP contribution in [0.2, 0.25) is 0 Å². The Labute approximate surface area is 113 Å². The fourth-order valence-corrected chi connectivity index (χ4v) is 1.93. The molecule has 0 spiro atoms. The van der Waals surface area contributed by atoms with Gasteiger partial charge < -0.3 is 16.2 Å². The highest BCUT2D eigenvalue weighted by atomic mass is 16.5. The molecule has 100 valence electrons. The highest BCUT2D eigenvalue weighted by Gasteiger charge is 2.12. The zero-order valence-corrected chi connectivity index (χ0v) is 11.5. The van der Waals surface area contributed by atoms with Gasteiger partial charge in [0, 0.05) is 11.1 Å². The third-order valence-electron chi connectivity index (χ3n) is 2.73. The zero-order chi connectivity index (χ0) is 14.0. The van der Waals surface area contributed by atoms with Gasteiger partial charge in [-0.15, -0.1) is 0 Å². The lowest BCUT2D eigenvalue weighted by molar-refractivity contribution is 0.243. The predicted octanol–water partition coefficient (Wildman–Crippen LogP) is 3.01. The number of aryl methyl sites for hydroxylation is 1. The molecule has 1 aromatic carbocycles. The maximum Gasteiger partial charge on any atom is 0.133 e. The van der Waals surface area contributed by atoms with E-state index < -0.39 is 0 Å². The second-order valence-electron chi connectivity index (χ2n) is 4.84. The van der Waals surface area contributed by atoms with Crippen LogP contribution in [0.1, 0.15) is 19.4 Å². The van der Waals surface area contributed by atoms with Gasteiger partial charge in [0.2, 0.25) is 0 Å². The smallest absolute Gasteiger partial charge is 0.133 e. The second-order valence-corrected chi connectivity index (χ2v) is 4.84. The Morgan fingerprint density at radius 2 is 1.79 bits per heavy atom. The van der Waals surface area contributed by atoms with Crippen LogP contribution in [0, 0.1) is 6.92 Å². The highest BCUT2D eigenvalue weighted by molar-refractivity contribution is 5.79. The van der Waals surface area contributed by atoms with Crippen molar-refractivity contribution in [1.29, 1.82) is 0 Å². The van der Waals surface area contributed by atoms with Gasteiger partial charge in [-0.3, -0.25) is 0 Å². The summed E-state index contributed by atoms with van der Waals surface area (Å²) in [6.07, 6.45) is 0.101. The van der Waals surface area contributed by atoms with Gasteiger partial charge in [-0.05, 0) is 45.0 Å². The van der Waals surface area contributed by atoms with Gasteiger partial charge in [0.15, 0.2) is 0 Å². The first kappa shape index (κ1) is 13.2. The minimum Gasteiger partial charge on any atom is -0.490 e. The Morgan fingerprint density at radius 3 is 2.42 bits per heavy atom. The molecule has 2 aromatic rings. The molecule has 0 aliphatic heterocycles. The fraction of sp³-hybridized carbons (Fsp3) is 0.267.